The van der Waals surface area contributed by atoms with Gasteiger partial charge < -0.3 is 24.6 Å². The summed E-state index contributed by atoms with van der Waals surface area (Å²) >= 11 is 0. The van der Waals surface area contributed by atoms with Crippen LogP contribution >= 0.6 is 0 Å². The number of anilines is 1. The molecule has 0 radical (unpaired) electrons. The van der Waals surface area contributed by atoms with E-state index in [4.69, 9.17) is 19.7 Å². The van der Waals surface area contributed by atoms with Crippen LogP contribution in [0.3, 0.4) is 0 Å². The van der Waals surface area contributed by atoms with E-state index in [1.165, 1.54) is 26.4 Å². The van der Waals surface area contributed by atoms with Crippen molar-refractivity contribution in [2.75, 3.05) is 32.2 Å². The first kappa shape index (κ1) is 14.3. The van der Waals surface area contributed by atoms with Crippen molar-refractivity contribution < 1.29 is 29.3 Å². The molecule has 7 heteroatoms. The zero-order valence-electron chi connectivity index (χ0n) is 11.1. The van der Waals surface area contributed by atoms with Crippen molar-refractivity contribution >= 4 is 17.6 Å². The van der Waals surface area contributed by atoms with Crippen LogP contribution in [0.25, 0.3) is 0 Å². The van der Waals surface area contributed by atoms with E-state index in [1.807, 2.05) is 0 Å². The Balaban J connectivity index is 2.29. The van der Waals surface area contributed by atoms with Gasteiger partial charge in [0.15, 0.2) is 0 Å². The molecule has 0 spiro atoms. The first-order chi connectivity index (χ1) is 9.40. The van der Waals surface area contributed by atoms with Crippen molar-refractivity contribution in [1.29, 1.82) is 0 Å². The number of carbonyl (C=O) groups is 2. The molecule has 2 N–H and O–H groups in total. The molecule has 0 bridgehead atoms. The molecule has 1 fully saturated rings. The van der Waals surface area contributed by atoms with Gasteiger partial charge in [-0.2, -0.15) is 0 Å². The third-order valence-corrected chi connectivity index (χ3v) is 3.38. The van der Waals surface area contributed by atoms with Gasteiger partial charge in [-0.05, 0) is 18.2 Å². The second kappa shape index (κ2) is 5.10. The van der Waals surface area contributed by atoms with Gasteiger partial charge in [0, 0.05) is 19.9 Å². The van der Waals surface area contributed by atoms with Crippen LogP contribution in [-0.4, -0.2) is 55.2 Å². The number of hydrogen-bond acceptors (Lipinski definition) is 5. The van der Waals surface area contributed by atoms with Gasteiger partial charge in [-0.15, -0.1) is 0 Å². The van der Waals surface area contributed by atoms with Crippen LogP contribution in [0.5, 0.6) is 0 Å². The number of aromatic carboxylic acids is 2. The number of rotatable bonds is 5. The minimum absolute atomic E-state index is 0.0627. The Hall–Kier alpha value is -2.12. The number of methoxy groups -OCH3 is 2. The molecule has 1 aliphatic rings. The average Bonchev–Trinajstić information content (AvgIpc) is 2.38. The van der Waals surface area contributed by atoms with E-state index in [1.54, 1.807) is 4.90 Å². The number of carboxylic acids is 2. The van der Waals surface area contributed by atoms with Crippen molar-refractivity contribution in [2.45, 2.75) is 5.79 Å². The average molecular weight is 281 g/mol. The molecule has 0 unspecified atom stereocenters. The molecule has 7 nitrogen and oxygen atoms in total. The molecule has 1 saturated heterocycles. The molecule has 108 valence electrons. The molecule has 2 rings (SSSR count). The largest absolute Gasteiger partial charge is 0.478 e. The van der Waals surface area contributed by atoms with Crippen LogP contribution in [0.1, 0.15) is 20.7 Å². The zero-order chi connectivity index (χ0) is 14.9. The highest BCUT2D eigenvalue weighted by molar-refractivity contribution is 5.95. The molecule has 20 heavy (non-hydrogen) atoms. The lowest BCUT2D eigenvalue weighted by Crippen LogP contribution is -2.64. The predicted molar refractivity (Wildman–Crippen MR) is 69.3 cm³/mol. The van der Waals surface area contributed by atoms with Crippen LogP contribution in [0, 0.1) is 0 Å². The first-order valence-corrected chi connectivity index (χ1v) is 5.88. The highest BCUT2D eigenvalue weighted by Gasteiger charge is 2.44. The van der Waals surface area contributed by atoms with Crippen LogP contribution in [0.4, 0.5) is 5.69 Å². The molecular weight excluding hydrogens is 266 g/mol. The topological polar surface area (TPSA) is 96.3 Å². The fraction of sp³-hybridized carbons (Fsp3) is 0.385. The summed E-state index contributed by atoms with van der Waals surface area (Å²) in [5.41, 5.74) is 0.395. The second-order valence-corrected chi connectivity index (χ2v) is 4.55. The highest BCUT2D eigenvalue weighted by Crippen LogP contribution is 2.31. The first-order valence-electron chi connectivity index (χ1n) is 5.88. The summed E-state index contributed by atoms with van der Waals surface area (Å²) in [4.78, 5) is 23.9. The number of carboxylic acid groups (broad SMARTS) is 2. The Kier molecular flexibility index (Phi) is 3.65. The summed E-state index contributed by atoms with van der Waals surface area (Å²) in [6, 6.07) is 4.00. The fourth-order valence-corrected chi connectivity index (χ4v) is 2.10. The zero-order valence-corrected chi connectivity index (χ0v) is 11.1. The van der Waals surface area contributed by atoms with Crippen molar-refractivity contribution in [3.8, 4) is 0 Å². The summed E-state index contributed by atoms with van der Waals surface area (Å²) in [5, 5.41) is 18.0. The van der Waals surface area contributed by atoms with Crippen molar-refractivity contribution in [1.82, 2.24) is 0 Å². The quantitative estimate of drug-likeness (QED) is 0.774. The molecule has 0 atom stereocenters. The van der Waals surface area contributed by atoms with Crippen LogP contribution in [-0.2, 0) is 9.47 Å². The van der Waals surface area contributed by atoms with E-state index in [-0.39, 0.29) is 11.1 Å². The molecule has 1 aromatic rings. The number of hydrogen-bond donors (Lipinski definition) is 2. The summed E-state index contributed by atoms with van der Waals surface area (Å²) in [6.07, 6.45) is 0. The molecular formula is C13H15NO6. The minimum Gasteiger partial charge on any atom is -0.478 e. The Bertz CT molecular complexity index is 512. The van der Waals surface area contributed by atoms with E-state index in [2.05, 4.69) is 0 Å². The monoisotopic (exact) mass is 281 g/mol. The number of benzene rings is 1. The molecule has 1 heterocycles. The normalized spacial score (nSPS) is 16.6. The molecule has 1 aromatic carbocycles. The maximum Gasteiger partial charge on any atom is 0.335 e. The lowest BCUT2D eigenvalue weighted by Gasteiger charge is -2.48. The van der Waals surface area contributed by atoms with Crippen molar-refractivity contribution in [3.63, 3.8) is 0 Å². The van der Waals surface area contributed by atoms with Gasteiger partial charge in [0.05, 0.1) is 24.2 Å². The minimum atomic E-state index is -1.17. The third kappa shape index (κ3) is 2.45. The van der Waals surface area contributed by atoms with E-state index in [0.29, 0.717) is 18.8 Å². The molecule has 0 amide bonds. The predicted octanol–water partition coefficient (Wildman–Crippen LogP) is 0.892. The Morgan fingerprint density at radius 1 is 1.05 bits per heavy atom. The van der Waals surface area contributed by atoms with Crippen molar-refractivity contribution in [2.24, 2.45) is 0 Å². The van der Waals surface area contributed by atoms with Crippen molar-refractivity contribution in [3.05, 3.63) is 29.3 Å². The standard InChI is InChI=1S/C13H15NO6/c1-19-13(20-2)6-14(7-13)10-4-8(11(15)16)3-9(5-10)12(17)18/h3-5H,6-7H2,1-2H3,(H,15,16)(H,17,18). The Morgan fingerprint density at radius 3 is 1.85 bits per heavy atom. The molecule has 0 aliphatic carbocycles. The lowest BCUT2D eigenvalue weighted by atomic mass is 10.0. The summed E-state index contributed by atoms with van der Waals surface area (Å²) < 4.78 is 10.5. The second-order valence-electron chi connectivity index (χ2n) is 4.55. The van der Waals surface area contributed by atoms with E-state index < -0.39 is 17.7 Å². The fourth-order valence-electron chi connectivity index (χ4n) is 2.10. The van der Waals surface area contributed by atoms with Gasteiger partial charge in [-0.1, -0.05) is 0 Å². The van der Waals surface area contributed by atoms with Gasteiger partial charge >= 0.3 is 11.9 Å². The highest BCUT2D eigenvalue weighted by atomic mass is 16.7. The smallest absolute Gasteiger partial charge is 0.335 e. The lowest BCUT2D eigenvalue weighted by molar-refractivity contribution is -0.219. The van der Waals surface area contributed by atoms with Gasteiger partial charge in [0.1, 0.15) is 0 Å². The van der Waals surface area contributed by atoms with E-state index >= 15 is 0 Å². The van der Waals surface area contributed by atoms with E-state index in [9.17, 15) is 9.59 Å². The van der Waals surface area contributed by atoms with Crippen LogP contribution in [0.15, 0.2) is 18.2 Å². The van der Waals surface area contributed by atoms with Gasteiger partial charge in [0.2, 0.25) is 5.79 Å². The van der Waals surface area contributed by atoms with Gasteiger partial charge in [0.25, 0.3) is 0 Å². The maximum absolute atomic E-state index is 11.0. The van der Waals surface area contributed by atoms with Gasteiger partial charge in [-0.25, -0.2) is 9.59 Å². The van der Waals surface area contributed by atoms with E-state index in [0.717, 1.165) is 6.07 Å². The number of nitrogens with zero attached hydrogens (tertiary/aromatic N) is 1. The molecule has 0 saturated carbocycles. The summed E-state index contributed by atoms with van der Waals surface area (Å²) in [7, 11) is 3.05. The molecule has 1 aliphatic heterocycles. The third-order valence-electron chi connectivity index (χ3n) is 3.38. The SMILES string of the molecule is COC1(OC)CN(c2cc(C(=O)O)cc(C(=O)O)c2)C1. The maximum atomic E-state index is 11.0. The number of ether oxygens (including phenoxy) is 2. The van der Waals surface area contributed by atoms with Gasteiger partial charge in [-0.3, -0.25) is 0 Å². The molecule has 0 aromatic heterocycles. The summed E-state index contributed by atoms with van der Waals surface area (Å²) in [5.74, 6) is -3.05. The van der Waals surface area contributed by atoms with Crippen LogP contribution < -0.4 is 4.90 Å². The Morgan fingerprint density at radius 2 is 1.50 bits per heavy atom. The van der Waals surface area contributed by atoms with Crippen LogP contribution in [0.2, 0.25) is 0 Å². The summed E-state index contributed by atoms with van der Waals surface area (Å²) in [6.45, 7) is 0.810. The Labute approximate surface area is 115 Å².